The molecule has 0 aliphatic carbocycles. The number of hydrogen-bond acceptors (Lipinski definition) is 6. The molecule has 0 saturated heterocycles. The summed E-state index contributed by atoms with van der Waals surface area (Å²) < 4.78 is 29.7. The van der Waals surface area contributed by atoms with Crippen LogP contribution in [0.25, 0.3) is 0 Å². The van der Waals surface area contributed by atoms with E-state index in [9.17, 15) is 4.57 Å². The second kappa shape index (κ2) is 11.0. The van der Waals surface area contributed by atoms with Crippen LogP contribution in [-0.2, 0) is 22.9 Å². The molecular formula is C15H36NO5PSi. The monoisotopic (exact) mass is 369 g/mol. The quantitative estimate of drug-likeness (QED) is 0.322. The summed E-state index contributed by atoms with van der Waals surface area (Å²) in [6.07, 6.45) is 0.963. The minimum atomic E-state index is -3.06. The van der Waals surface area contributed by atoms with E-state index in [1.165, 1.54) is 0 Å². The van der Waals surface area contributed by atoms with Gasteiger partial charge in [-0.2, -0.15) is 0 Å². The summed E-state index contributed by atoms with van der Waals surface area (Å²) in [6, 6.07) is 0. The molecule has 0 amide bonds. The molecule has 23 heavy (non-hydrogen) atoms. The van der Waals surface area contributed by atoms with Gasteiger partial charge >= 0.3 is 7.60 Å². The maximum atomic E-state index is 12.7. The van der Waals surface area contributed by atoms with Crippen LogP contribution < -0.4 is 5.90 Å². The third-order valence-electron chi connectivity index (χ3n) is 3.44. The first-order valence-electron chi connectivity index (χ1n) is 8.44. The molecule has 0 spiro atoms. The van der Waals surface area contributed by atoms with Crippen LogP contribution >= 0.6 is 7.60 Å². The van der Waals surface area contributed by atoms with Gasteiger partial charge in [0.05, 0.1) is 32.1 Å². The molecule has 0 aromatic carbocycles. The van der Waals surface area contributed by atoms with E-state index in [4.69, 9.17) is 24.2 Å². The molecule has 140 valence electrons. The fourth-order valence-electron chi connectivity index (χ4n) is 2.64. The number of rotatable bonds is 12. The molecule has 0 aromatic rings. The minimum absolute atomic E-state index is 0.00517. The van der Waals surface area contributed by atoms with Gasteiger partial charge in [-0.05, 0) is 38.8 Å². The summed E-state index contributed by atoms with van der Waals surface area (Å²) >= 11 is 0. The zero-order chi connectivity index (χ0) is 18.1. The van der Waals surface area contributed by atoms with Crippen molar-refractivity contribution in [2.45, 2.75) is 60.2 Å². The molecule has 0 heterocycles. The second-order valence-electron chi connectivity index (χ2n) is 7.02. The molecule has 0 aliphatic heterocycles. The molecule has 8 heteroatoms. The van der Waals surface area contributed by atoms with Gasteiger partial charge in [0.25, 0.3) is 0 Å². The Labute approximate surface area is 143 Å². The van der Waals surface area contributed by atoms with E-state index in [0.717, 1.165) is 0 Å². The molecule has 0 bridgehead atoms. The predicted octanol–water partition coefficient (Wildman–Crippen LogP) is 3.56. The highest BCUT2D eigenvalue weighted by atomic mass is 31.2. The molecule has 0 saturated carbocycles. The lowest BCUT2D eigenvalue weighted by Gasteiger charge is -2.38. The zero-order valence-corrected chi connectivity index (χ0v) is 17.9. The van der Waals surface area contributed by atoms with Gasteiger partial charge in [0.15, 0.2) is 9.04 Å². The molecular weight excluding hydrogens is 333 g/mol. The van der Waals surface area contributed by atoms with Crippen molar-refractivity contribution >= 4 is 16.6 Å². The van der Waals surface area contributed by atoms with Gasteiger partial charge in [-0.1, -0.05) is 20.8 Å². The van der Waals surface area contributed by atoms with Crippen molar-refractivity contribution < 1.29 is 22.9 Å². The number of nitrogens with two attached hydrogens (primary N) is 1. The molecule has 0 radical (unpaired) electrons. The van der Waals surface area contributed by atoms with E-state index >= 15 is 0 Å². The van der Waals surface area contributed by atoms with E-state index in [2.05, 4.69) is 33.9 Å². The maximum Gasteiger partial charge on any atom is 0.330 e. The van der Waals surface area contributed by atoms with E-state index in [1.807, 2.05) is 13.8 Å². The Bertz CT molecular complexity index is 352. The Kier molecular flexibility index (Phi) is 11.1. The highest BCUT2D eigenvalue weighted by Gasteiger charge is 2.36. The van der Waals surface area contributed by atoms with Gasteiger partial charge < -0.3 is 18.3 Å². The predicted molar refractivity (Wildman–Crippen MR) is 97.2 cm³/mol. The SMILES string of the molecule is CCOP(=O)(CCC(CON)C(O[SiH](C)C)C(C)(C)C)OCC. The van der Waals surface area contributed by atoms with E-state index < -0.39 is 16.6 Å². The van der Waals surface area contributed by atoms with Gasteiger partial charge in [0, 0.05) is 5.92 Å². The van der Waals surface area contributed by atoms with Crippen LogP contribution in [0.2, 0.25) is 13.1 Å². The maximum absolute atomic E-state index is 12.7. The highest BCUT2D eigenvalue weighted by Crippen LogP contribution is 2.49. The Morgan fingerprint density at radius 3 is 2.00 bits per heavy atom. The van der Waals surface area contributed by atoms with Gasteiger partial charge in [0.1, 0.15) is 0 Å². The smallest absolute Gasteiger partial charge is 0.330 e. The third-order valence-corrected chi connectivity index (χ3v) is 6.38. The number of hydrogen-bond donors (Lipinski definition) is 1. The van der Waals surface area contributed by atoms with Crippen molar-refractivity contribution in [3.63, 3.8) is 0 Å². The van der Waals surface area contributed by atoms with E-state index in [1.54, 1.807) is 0 Å². The van der Waals surface area contributed by atoms with E-state index in [0.29, 0.717) is 32.4 Å². The first-order valence-corrected chi connectivity index (χ1v) is 13.0. The van der Waals surface area contributed by atoms with Crippen molar-refractivity contribution in [2.75, 3.05) is 26.0 Å². The third kappa shape index (κ3) is 9.34. The lowest BCUT2D eigenvalue weighted by molar-refractivity contribution is -0.0154. The molecule has 2 unspecified atom stereocenters. The summed E-state index contributed by atoms with van der Waals surface area (Å²) in [7, 11) is -4.29. The molecule has 0 aromatic heterocycles. The van der Waals surface area contributed by atoms with Crippen LogP contribution in [0.5, 0.6) is 0 Å². The Morgan fingerprint density at radius 2 is 1.65 bits per heavy atom. The molecule has 6 nitrogen and oxygen atoms in total. The molecule has 0 aliphatic rings. The molecule has 0 fully saturated rings. The first-order chi connectivity index (χ1) is 10.6. The van der Waals surface area contributed by atoms with Crippen LogP contribution in [0.4, 0.5) is 0 Å². The topological polar surface area (TPSA) is 80.0 Å². The fourth-order valence-corrected chi connectivity index (χ4v) is 5.63. The van der Waals surface area contributed by atoms with Crippen molar-refractivity contribution in [1.82, 2.24) is 0 Å². The van der Waals surface area contributed by atoms with Crippen LogP contribution in [0.15, 0.2) is 0 Å². The van der Waals surface area contributed by atoms with Gasteiger partial charge in [-0.15, -0.1) is 0 Å². The summed E-state index contributed by atoms with van der Waals surface area (Å²) in [5, 5.41) is 0. The van der Waals surface area contributed by atoms with Crippen molar-refractivity contribution in [3.8, 4) is 0 Å². The lowest BCUT2D eigenvalue weighted by atomic mass is 9.80. The fraction of sp³-hybridized carbons (Fsp3) is 1.00. The standard InChI is InChI=1S/C15H36NO5PSi/c1-8-19-22(17,20-9-2)11-10-13(12-18-16)14(15(3,4)5)21-23(6)7/h13-14,23H,8-12,16H2,1-7H3. The van der Waals surface area contributed by atoms with Gasteiger partial charge in [-0.3, -0.25) is 4.57 Å². The van der Waals surface area contributed by atoms with Crippen molar-refractivity contribution in [1.29, 1.82) is 0 Å². The van der Waals surface area contributed by atoms with Crippen LogP contribution in [-0.4, -0.2) is 41.1 Å². The lowest BCUT2D eigenvalue weighted by Crippen LogP contribution is -2.42. The minimum Gasteiger partial charge on any atom is -0.417 e. The zero-order valence-electron chi connectivity index (χ0n) is 15.8. The summed E-state index contributed by atoms with van der Waals surface area (Å²) in [5.41, 5.74) is -0.0539. The average Bonchev–Trinajstić information content (AvgIpc) is 2.40. The average molecular weight is 370 g/mol. The van der Waals surface area contributed by atoms with Crippen molar-refractivity contribution in [2.24, 2.45) is 17.2 Å². The Hall–Kier alpha value is 0.247. The second-order valence-corrected chi connectivity index (χ2v) is 11.6. The largest absolute Gasteiger partial charge is 0.417 e. The molecule has 2 atom stereocenters. The van der Waals surface area contributed by atoms with Gasteiger partial charge in [-0.25, -0.2) is 5.90 Å². The Morgan fingerprint density at radius 1 is 1.13 bits per heavy atom. The summed E-state index contributed by atoms with van der Waals surface area (Å²) in [4.78, 5) is 4.91. The molecule has 0 rings (SSSR count). The van der Waals surface area contributed by atoms with Crippen LogP contribution in [0.1, 0.15) is 41.0 Å². The normalized spacial score (nSPS) is 15.9. The highest BCUT2D eigenvalue weighted by molar-refractivity contribution is 7.53. The summed E-state index contributed by atoms with van der Waals surface area (Å²) in [6.45, 7) is 15.4. The first kappa shape index (κ1) is 23.2. The van der Waals surface area contributed by atoms with Crippen LogP contribution in [0, 0.1) is 11.3 Å². The Balaban J connectivity index is 5.09. The summed E-state index contributed by atoms with van der Waals surface area (Å²) in [5.74, 6) is 5.37. The van der Waals surface area contributed by atoms with Gasteiger partial charge in [0.2, 0.25) is 0 Å². The van der Waals surface area contributed by atoms with Crippen LogP contribution in [0.3, 0.4) is 0 Å². The van der Waals surface area contributed by atoms with Crippen molar-refractivity contribution in [3.05, 3.63) is 0 Å². The van der Waals surface area contributed by atoms with E-state index in [-0.39, 0.29) is 17.4 Å². The molecule has 2 N–H and O–H groups in total.